The first-order valence-electron chi connectivity index (χ1n) is 6.56. The molecule has 0 aromatic carbocycles. The highest BCUT2D eigenvalue weighted by molar-refractivity contribution is 5.85. The standard InChI is InChI=1S/C12H21N3O.ClH/c16-12(14-10-1-2-10)8-15-6-4-11-9(7-15)3-5-13-11;/h9-11,13H,1-8H2,(H,14,16);1H. The van der Waals surface area contributed by atoms with E-state index in [1.807, 2.05) is 0 Å². The molecule has 2 unspecified atom stereocenters. The van der Waals surface area contributed by atoms with E-state index in [2.05, 4.69) is 15.5 Å². The number of halogens is 1. The molecule has 3 aliphatic rings. The molecule has 2 saturated heterocycles. The van der Waals surface area contributed by atoms with Gasteiger partial charge in [-0.25, -0.2) is 0 Å². The Bertz CT molecular complexity index is 283. The summed E-state index contributed by atoms with van der Waals surface area (Å²) in [6, 6.07) is 1.22. The van der Waals surface area contributed by atoms with E-state index in [4.69, 9.17) is 0 Å². The lowest BCUT2D eigenvalue weighted by molar-refractivity contribution is -0.122. The maximum atomic E-state index is 11.7. The molecule has 3 fully saturated rings. The predicted molar refractivity (Wildman–Crippen MR) is 69.4 cm³/mol. The van der Waals surface area contributed by atoms with Crippen molar-refractivity contribution in [1.82, 2.24) is 15.5 Å². The van der Waals surface area contributed by atoms with Crippen LogP contribution in [0.2, 0.25) is 0 Å². The first-order valence-corrected chi connectivity index (χ1v) is 6.56. The van der Waals surface area contributed by atoms with Gasteiger partial charge in [0.25, 0.3) is 0 Å². The minimum Gasteiger partial charge on any atom is -0.352 e. The normalized spacial score (nSPS) is 32.7. The molecule has 1 amide bonds. The van der Waals surface area contributed by atoms with Gasteiger partial charge < -0.3 is 10.6 Å². The lowest BCUT2D eigenvalue weighted by Gasteiger charge is -2.34. The van der Waals surface area contributed by atoms with E-state index in [0.29, 0.717) is 12.6 Å². The Kier molecular flexibility index (Phi) is 4.28. The van der Waals surface area contributed by atoms with Crippen molar-refractivity contribution in [2.75, 3.05) is 26.2 Å². The minimum atomic E-state index is 0. The van der Waals surface area contributed by atoms with Crippen LogP contribution in [-0.4, -0.2) is 49.1 Å². The number of hydrogen-bond donors (Lipinski definition) is 2. The first kappa shape index (κ1) is 13.1. The molecule has 1 aliphatic carbocycles. The largest absolute Gasteiger partial charge is 0.352 e. The number of rotatable bonds is 3. The molecule has 98 valence electrons. The van der Waals surface area contributed by atoms with E-state index in [1.54, 1.807) is 0 Å². The average Bonchev–Trinajstić information content (AvgIpc) is 2.95. The summed E-state index contributed by atoms with van der Waals surface area (Å²) in [6.07, 6.45) is 4.85. The molecule has 4 nitrogen and oxygen atoms in total. The molecule has 0 radical (unpaired) electrons. The summed E-state index contributed by atoms with van der Waals surface area (Å²) in [7, 11) is 0. The van der Waals surface area contributed by atoms with Crippen LogP contribution in [0.5, 0.6) is 0 Å². The molecule has 2 aliphatic heterocycles. The summed E-state index contributed by atoms with van der Waals surface area (Å²) < 4.78 is 0. The molecular formula is C12H22ClN3O. The van der Waals surface area contributed by atoms with Gasteiger partial charge in [-0.15, -0.1) is 12.4 Å². The van der Waals surface area contributed by atoms with Crippen LogP contribution in [0.1, 0.15) is 25.7 Å². The van der Waals surface area contributed by atoms with Crippen molar-refractivity contribution in [1.29, 1.82) is 0 Å². The van der Waals surface area contributed by atoms with Crippen molar-refractivity contribution >= 4 is 18.3 Å². The maximum absolute atomic E-state index is 11.7. The van der Waals surface area contributed by atoms with E-state index in [1.165, 1.54) is 25.7 Å². The number of nitrogens with one attached hydrogen (secondary N) is 2. The number of likely N-dealkylation sites (tertiary alicyclic amines) is 1. The first-order chi connectivity index (χ1) is 7.81. The van der Waals surface area contributed by atoms with Gasteiger partial charge in [-0.3, -0.25) is 9.69 Å². The fraction of sp³-hybridized carbons (Fsp3) is 0.917. The lowest BCUT2D eigenvalue weighted by atomic mass is 9.93. The molecule has 0 spiro atoms. The van der Waals surface area contributed by atoms with E-state index in [9.17, 15) is 4.79 Å². The maximum Gasteiger partial charge on any atom is 0.234 e. The van der Waals surface area contributed by atoms with Crippen LogP contribution in [0.3, 0.4) is 0 Å². The second-order valence-corrected chi connectivity index (χ2v) is 5.47. The minimum absolute atomic E-state index is 0. The third-order valence-corrected chi connectivity index (χ3v) is 4.05. The molecular weight excluding hydrogens is 238 g/mol. The van der Waals surface area contributed by atoms with Gasteiger partial charge in [0.05, 0.1) is 6.54 Å². The van der Waals surface area contributed by atoms with Crippen LogP contribution in [0.25, 0.3) is 0 Å². The van der Waals surface area contributed by atoms with Gasteiger partial charge in [-0.2, -0.15) is 0 Å². The van der Waals surface area contributed by atoms with Gasteiger partial charge in [0.15, 0.2) is 0 Å². The van der Waals surface area contributed by atoms with E-state index >= 15 is 0 Å². The van der Waals surface area contributed by atoms with E-state index in [0.717, 1.165) is 31.6 Å². The van der Waals surface area contributed by atoms with Crippen LogP contribution in [0, 0.1) is 5.92 Å². The molecule has 0 aromatic rings. The SMILES string of the molecule is Cl.O=C(CN1CCC2NCCC2C1)NC1CC1. The summed E-state index contributed by atoms with van der Waals surface area (Å²) in [6.45, 7) is 3.96. The Labute approximate surface area is 109 Å². The summed E-state index contributed by atoms with van der Waals surface area (Å²) in [5.41, 5.74) is 0. The summed E-state index contributed by atoms with van der Waals surface area (Å²) in [5, 5.41) is 6.61. The highest BCUT2D eigenvalue weighted by Gasteiger charge is 2.33. The predicted octanol–water partition coefficient (Wildman–Crippen LogP) is 0.371. The van der Waals surface area contributed by atoms with Crippen LogP contribution in [0.4, 0.5) is 0 Å². The Morgan fingerprint density at radius 1 is 1.29 bits per heavy atom. The van der Waals surface area contributed by atoms with Crippen molar-refractivity contribution < 1.29 is 4.79 Å². The highest BCUT2D eigenvalue weighted by Crippen LogP contribution is 2.24. The molecule has 2 N–H and O–H groups in total. The lowest BCUT2D eigenvalue weighted by Crippen LogP contribution is -2.48. The van der Waals surface area contributed by atoms with Crippen LogP contribution in [0.15, 0.2) is 0 Å². The zero-order valence-corrected chi connectivity index (χ0v) is 11.0. The summed E-state index contributed by atoms with van der Waals surface area (Å²) >= 11 is 0. The molecule has 5 heteroatoms. The van der Waals surface area contributed by atoms with Crippen molar-refractivity contribution in [3.05, 3.63) is 0 Å². The molecule has 17 heavy (non-hydrogen) atoms. The quantitative estimate of drug-likeness (QED) is 0.770. The second-order valence-electron chi connectivity index (χ2n) is 5.47. The van der Waals surface area contributed by atoms with Gasteiger partial charge in [0.2, 0.25) is 5.91 Å². The molecule has 0 aromatic heterocycles. The Morgan fingerprint density at radius 3 is 2.88 bits per heavy atom. The van der Waals surface area contributed by atoms with Crippen LogP contribution in [-0.2, 0) is 4.79 Å². The summed E-state index contributed by atoms with van der Waals surface area (Å²) in [4.78, 5) is 14.0. The smallest absolute Gasteiger partial charge is 0.234 e. The highest BCUT2D eigenvalue weighted by atomic mass is 35.5. The third kappa shape index (κ3) is 3.33. The Balaban J connectivity index is 0.00000108. The number of fused-ring (bicyclic) bond motifs is 1. The third-order valence-electron chi connectivity index (χ3n) is 4.05. The average molecular weight is 260 g/mol. The van der Waals surface area contributed by atoms with Crippen molar-refractivity contribution in [2.45, 2.75) is 37.8 Å². The van der Waals surface area contributed by atoms with Gasteiger partial charge >= 0.3 is 0 Å². The summed E-state index contributed by atoms with van der Waals surface area (Å²) in [5.74, 6) is 1.01. The van der Waals surface area contributed by atoms with Crippen LogP contribution < -0.4 is 10.6 Å². The molecule has 2 heterocycles. The zero-order valence-electron chi connectivity index (χ0n) is 10.2. The fourth-order valence-electron chi connectivity index (χ4n) is 2.97. The number of nitrogens with zero attached hydrogens (tertiary/aromatic N) is 1. The Hall–Kier alpha value is -0.320. The molecule has 3 rings (SSSR count). The number of hydrogen-bond acceptors (Lipinski definition) is 3. The van der Waals surface area contributed by atoms with Gasteiger partial charge in [0, 0.05) is 25.2 Å². The second kappa shape index (κ2) is 5.55. The molecule has 0 bridgehead atoms. The number of carbonyl (C=O) groups excluding carboxylic acids is 1. The van der Waals surface area contributed by atoms with Crippen molar-refractivity contribution in [3.63, 3.8) is 0 Å². The van der Waals surface area contributed by atoms with Gasteiger partial charge in [-0.05, 0) is 38.1 Å². The topological polar surface area (TPSA) is 44.4 Å². The van der Waals surface area contributed by atoms with Crippen LogP contribution >= 0.6 is 12.4 Å². The van der Waals surface area contributed by atoms with Crippen molar-refractivity contribution in [3.8, 4) is 0 Å². The van der Waals surface area contributed by atoms with E-state index < -0.39 is 0 Å². The monoisotopic (exact) mass is 259 g/mol. The number of amides is 1. The van der Waals surface area contributed by atoms with Gasteiger partial charge in [0.1, 0.15) is 0 Å². The fourth-order valence-corrected chi connectivity index (χ4v) is 2.97. The molecule has 1 saturated carbocycles. The Morgan fingerprint density at radius 2 is 2.12 bits per heavy atom. The number of carbonyl (C=O) groups is 1. The van der Waals surface area contributed by atoms with Gasteiger partial charge in [-0.1, -0.05) is 0 Å². The van der Waals surface area contributed by atoms with E-state index in [-0.39, 0.29) is 18.3 Å². The zero-order chi connectivity index (χ0) is 11.0. The van der Waals surface area contributed by atoms with Crippen molar-refractivity contribution in [2.24, 2.45) is 5.92 Å². The number of piperidine rings is 1. The molecule has 2 atom stereocenters.